The molecule has 1 saturated heterocycles. The maximum absolute atomic E-state index is 8.62. The minimum absolute atomic E-state index is 0.309. The Bertz CT molecular complexity index is 1180. The van der Waals surface area contributed by atoms with E-state index < -0.39 is 0 Å². The van der Waals surface area contributed by atoms with E-state index in [4.69, 9.17) is 20.5 Å². The molecule has 2 aliphatic heterocycles. The summed E-state index contributed by atoms with van der Waals surface area (Å²) in [5.74, 6) is 4.41. The lowest BCUT2D eigenvalue weighted by Crippen LogP contribution is -2.42. The summed E-state index contributed by atoms with van der Waals surface area (Å²) in [4.78, 5) is 16.1. The van der Waals surface area contributed by atoms with Crippen molar-refractivity contribution >= 4 is 17.5 Å². The molecule has 8 nitrogen and oxygen atoms in total. The van der Waals surface area contributed by atoms with Crippen LogP contribution in [0, 0.1) is 17.2 Å². The maximum atomic E-state index is 8.62. The zero-order chi connectivity index (χ0) is 21.9. The molecule has 1 unspecified atom stereocenters. The van der Waals surface area contributed by atoms with Gasteiger partial charge in [-0.2, -0.15) is 4.68 Å². The second kappa shape index (κ2) is 7.20. The minimum atomic E-state index is 0.309. The highest BCUT2D eigenvalue weighted by molar-refractivity contribution is 5.97. The van der Waals surface area contributed by atoms with Crippen LogP contribution in [0.15, 0.2) is 36.7 Å². The van der Waals surface area contributed by atoms with Crippen molar-refractivity contribution in [3.05, 3.63) is 48.2 Å². The summed E-state index contributed by atoms with van der Waals surface area (Å²) < 4.78 is 2.57. The van der Waals surface area contributed by atoms with Crippen LogP contribution in [-0.4, -0.2) is 50.8 Å². The molecule has 3 aliphatic rings. The molecule has 3 aromatic rings. The number of aromatic nitrogens is 5. The molecular formula is C24H29N8+. The molecule has 6 rings (SSSR count). The molecule has 2 atom stereocenters. The van der Waals surface area contributed by atoms with Gasteiger partial charge >= 0.3 is 0 Å². The molecule has 2 fully saturated rings. The van der Waals surface area contributed by atoms with Gasteiger partial charge in [0.05, 0.1) is 44.3 Å². The van der Waals surface area contributed by atoms with Gasteiger partial charge in [-0.3, -0.25) is 14.9 Å². The minimum Gasteiger partial charge on any atom is -0.302 e. The summed E-state index contributed by atoms with van der Waals surface area (Å²) in [6.45, 7) is 5.15. The molecule has 8 heteroatoms. The largest absolute Gasteiger partial charge is 0.302 e. The van der Waals surface area contributed by atoms with Crippen molar-refractivity contribution in [2.75, 3.05) is 25.0 Å². The molecule has 0 bridgehead atoms. The summed E-state index contributed by atoms with van der Waals surface area (Å²) in [5, 5.41) is 13.4. The average Bonchev–Trinajstić information content (AvgIpc) is 3.16. The van der Waals surface area contributed by atoms with Crippen LogP contribution < -0.4 is 9.38 Å². The first kappa shape index (κ1) is 19.5. The lowest BCUT2D eigenvalue weighted by atomic mass is 10.1. The first-order valence-electron chi connectivity index (χ1n) is 11.6. The number of hydrogen-bond donors (Lipinski definition) is 1. The van der Waals surface area contributed by atoms with Crippen LogP contribution in [0.4, 0.5) is 11.5 Å². The molecule has 0 amide bonds. The monoisotopic (exact) mass is 429 g/mol. The van der Waals surface area contributed by atoms with E-state index in [1.807, 2.05) is 17.0 Å². The van der Waals surface area contributed by atoms with Crippen LogP contribution in [0.1, 0.15) is 37.7 Å². The Morgan fingerprint density at radius 1 is 1.16 bits per heavy atom. The number of nitrogens with one attached hydrogen (secondary N) is 1. The van der Waals surface area contributed by atoms with E-state index in [0.717, 1.165) is 58.5 Å². The standard InChI is InChI=1S/C24H29N8/c1-16-12-17(16)13-20-19(7-8-22(27-20)32(2)10-3-4-11-32)23-28-21-15-30(24(25)31(21)29-23)18-6-5-9-26-14-18/h5-9,14,16-17,25H,3-4,10-13,15H2,1-2H3/q+1/t16?,17-/m1/s1. The van der Waals surface area contributed by atoms with Crippen molar-refractivity contribution in [3.63, 3.8) is 0 Å². The number of anilines is 1. The predicted molar refractivity (Wildman–Crippen MR) is 124 cm³/mol. The van der Waals surface area contributed by atoms with E-state index in [1.54, 1.807) is 17.1 Å². The summed E-state index contributed by atoms with van der Waals surface area (Å²) >= 11 is 0. The van der Waals surface area contributed by atoms with Gasteiger partial charge in [0, 0.05) is 30.7 Å². The van der Waals surface area contributed by atoms with Crippen LogP contribution >= 0.6 is 0 Å². The third kappa shape index (κ3) is 3.21. The number of nitrogens with zero attached hydrogens (tertiary/aromatic N) is 7. The van der Waals surface area contributed by atoms with Crippen LogP contribution in [-0.2, 0) is 13.0 Å². The smallest absolute Gasteiger partial charge is 0.227 e. The zero-order valence-electron chi connectivity index (χ0n) is 18.7. The van der Waals surface area contributed by atoms with Crippen molar-refractivity contribution < 1.29 is 0 Å². The van der Waals surface area contributed by atoms with E-state index >= 15 is 0 Å². The van der Waals surface area contributed by atoms with Crippen LogP contribution in [0.2, 0.25) is 0 Å². The Morgan fingerprint density at radius 3 is 2.66 bits per heavy atom. The SMILES string of the molecule is CC1C[C@@H]1Cc1nc([N+]2(C)CCCC2)ccc1-c1nc2n(n1)C(=N)N(c1cccnc1)C2. The fourth-order valence-corrected chi connectivity index (χ4v) is 5.13. The lowest BCUT2D eigenvalue weighted by molar-refractivity contribution is 0.394. The molecular weight excluding hydrogens is 400 g/mol. The summed E-state index contributed by atoms with van der Waals surface area (Å²) in [6.07, 6.45) is 8.28. The van der Waals surface area contributed by atoms with Crippen molar-refractivity contribution in [2.24, 2.45) is 11.8 Å². The highest BCUT2D eigenvalue weighted by Gasteiger charge is 2.37. The number of fused-ring (bicyclic) bond motifs is 1. The Hall–Kier alpha value is -3.13. The van der Waals surface area contributed by atoms with Crippen LogP contribution in [0.3, 0.4) is 0 Å². The van der Waals surface area contributed by atoms with Crippen molar-refractivity contribution in [1.29, 1.82) is 5.41 Å². The van der Waals surface area contributed by atoms with Crippen LogP contribution in [0.5, 0.6) is 0 Å². The Morgan fingerprint density at radius 2 is 1.97 bits per heavy atom. The molecule has 5 heterocycles. The van der Waals surface area contributed by atoms with Gasteiger partial charge in [-0.1, -0.05) is 6.92 Å². The highest BCUT2D eigenvalue weighted by atomic mass is 15.5. The van der Waals surface area contributed by atoms with Gasteiger partial charge in [0.1, 0.15) is 0 Å². The molecule has 1 saturated carbocycles. The van der Waals surface area contributed by atoms with E-state index in [1.165, 1.54) is 19.3 Å². The van der Waals surface area contributed by atoms with E-state index in [0.29, 0.717) is 24.2 Å². The van der Waals surface area contributed by atoms with Crippen LogP contribution in [0.25, 0.3) is 11.4 Å². The quantitative estimate of drug-likeness (QED) is 0.628. The molecule has 0 aromatic carbocycles. The maximum Gasteiger partial charge on any atom is 0.227 e. The van der Waals surface area contributed by atoms with Crippen molar-refractivity contribution in [1.82, 2.24) is 29.2 Å². The molecule has 0 spiro atoms. The second-order valence-electron chi connectivity index (χ2n) is 9.78. The fourth-order valence-electron chi connectivity index (χ4n) is 5.13. The van der Waals surface area contributed by atoms with E-state index in [-0.39, 0.29) is 0 Å². The van der Waals surface area contributed by atoms with Gasteiger partial charge in [0.15, 0.2) is 11.6 Å². The fraction of sp³-hybridized carbons (Fsp3) is 0.458. The van der Waals surface area contributed by atoms with Gasteiger partial charge in [-0.05, 0) is 42.9 Å². The van der Waals surface area contributed by atoms with Crippen molar-refractivity contribution in [2.45, 2.75) is 39.2 Å². The summed E-state index contributed by atoms with van der Waals surface area (Å²) in [5.41, 5.74) is 3.01. The Balaban J connectivity index is 1.34. The van der Waals surface area contributed by atoms with Gasteiger partial charge in [0.25, 0.3) is 0 Å². The Kier molecular flexibility index (Phi) is 4.40. The first-order chi connectivity index (χ1) is 15.5. The molecule has 0 radical (unpaired) electrons. The third-order valence-electron chi connectivity index (χ3n) is 7.43. The summed E-state index contributed by atoms with van der Waals surface area (Å²) in [6, 6.07) is 8.17. The molecule has 3 aromatic heterocycles. The van der Waals surface area contributed by atoms with Gasteiger partial charge in [-0.25, -0.2) is 9.97 Å². The number of hydrogen-bond acceptors (Lipinski definition) is 5. The highest BCUT2D eigenvalue weighted by Crippen LogP contribution is 2.42. The number of quaternary nitrogens is 1. The number of pyridine rings is 2. The molecule has 32 heavy (non-hydrogen) atoms. The number of rotatable bonds is 5. The predicted octanol–water partition coefficient (Wildman–Crippen LogP) is 3.47. The lowest BCUT2D eigenvalue weighted by Gasteiger charge is -2.27. The van der Waals surface area contributed by atoms with Gasteiger partial charge in [-0.15, -0.1) is 5.10 Å². The molecule has 164 valence electrons. The normalized spacial score (nSPS) is 23.6. The second-order valence-corrected chi connectivity index (χ2v) is 9.78. The zero-order valence-corrected chi connectivity index (χ0v) is 18.7. The van der Waals surface area contributed by atoms with E-state index in [2.05, 4.69) is 31.1 Å². The molecule has 1 N–H and O–H groups in total. The van der Waals surface area contributed by atoms with Gasteiger partial charge in [0.2, 0.25) is 11.8 Å². The third-order valence-corrected chi connectivity index (χ3v) is 7.43. The van der Waals surface area contributed by atoms with E-state index in [9.17, 15) is 0 Å². The van der Waals surface area contributed by atoms with Crippen molar-refractivity contribution in [3.8, 4) is 11.4 Å². The Labute approximate surface area is 188 Å². The summed E-state index contributed by atoms with van der Waals surface area (Å²) in [7, 11) is 2.30. The topological polar surface area (TPSA) is 83.6 Å². The van der Waals surface area contributed by atoms with Gasteiger partial charge < -0.3 is 4.90 Å². The molecule has 1 aliphatic carbocycles. The first-order valence-corrected chi connectivity index (χ1v) is 11.6. The number of likely N-dealkylation sites (tertiary alicyclic amines) is 1. The average molecular weight is 430 g/mol.